The number of anilines is 2. The van der Waals surface area contributed by atoms with Gasteiger partial charge >= 0.3 is 0 Å². The number of nitrogens with zero attached hydrogens (tertiary/aromatic N) is 3. The summed E-state index contributed by atoms with van der Waals surface area (Å²) >= 11 is 0. The van der Waals surface area contributed by atoms with Crippen molar-refractivity contribution in [1.82, 2.24) is 15.3 Å². The van der Waals surface area contributed by atoms with Gasteiger partial charge in [0.2, 0.25) is 11.9 Å². The van der Waals surface area contributed by atoms with Gasteiger partial charge in [0.05, 0.1) is 11.9 Å². The third kappa shape index (κ3) is 6.59. The fraction of sp³-hybridized carbons (Fsp3) is 0.323. The Morgan fingerprint density at radius 3 is 2.42 bits per heavy atom. The van der Waals surface area contributed by atoms with Crippen LogP contribution in [0.3, 0.4) is 0 Å². The van der Waals surface area contributed by atoms with E-state index in [1.165, 1.54) is 0 Å². The van der Waals surface area contributed by atoms with Crippen molar-refractivity contribution in [2.45, 2.75) is 38.1 Å². The SMILES string of the molecule is CN(C)c1nc(NC2CCC(CNC(=O)Cc3cccc(Oc4ccccc4)c3)CC2)nc2ccccc12. The van der Waals surface area contributed by atoms with E-state index in [2.05, 4.69) is 16.7 Å². The molecule has 1 fully saturated rings. The van der Waals surface area contributed by atoms with Gasteiger partial charge < -0.3 is 20.3 Å². The van der Waals surface area contributed by atoms with E-state index in [1.54, 1.807) is 0 Å². The van der Waals surface area contributed by atoms with Crippen LogP contribution >= 0.6 is 0 Å². The molecule has 1 amide bonds. The first-order chi connectivity index (χ1) is 18.5. The highest BCUT2D eigenvalue weighted by Gasteiger charge is 2.23. The smallest absolute Gasteiger partial charge is 0.225 e. The van der Waals surface area contributed by atoms with Gasteiger partial charge in [0.15, 0.2) is 0 Å². The van der Waals surface area contributed by atoms with Crippen molar-refractivity contribution in [3.63, 3.8) is 0 Å². The van der Waals surface area contributed by atoms with Crippen molar-refractivity contribution >= 4 is 28.6 Å². The fourth-order valence-electron chi connectivity index (χ4n) is 5.01. The summed E-state index contributed by atoms with van der Waals surface area (Å²) in [6.45, 7) is 0.711. The number of aromatic nitrogens is 2. The summed E-state index contributed by atoms with van der Waals surface area (Å²) in [6, 6.07) is 25.8. The molecule has 1 aliphatic rings. The highest BCUT2D eigenvalue weighted by atomic mass is 16.5. The Balaban J connectivity index is 1.08. The zero-order chi connectivity index (χ0) is 26.3. The molecule has 1 aromatic heterocycles. The fourth-order valence-corrected chi connectivity index (χ4v) is 5.01. The predicted octanol–water partition coefficient (Wildman–Crippen LogP) is 5.82. The van der Waals surface area contributed by atoms with Gasteiger partial charge in [-0.05, 0) is 73.6 Å². The second-order valence-electron chi connectivity index (χ2n) is 10.2. The van der Waals surface area contributed by atoms with Crippen molar-refractivity contribution in [3.05, 3.63) is 84.4 Å². The number of hydrogen-bond donors (Lipinski definition) is 2. The molecule has 5 rings (SSSR count). The third-order valence-electron chi connectivity index (χ3n) is 7.02. The molecule has 0 unspecified atom stereocenters. The maximum Gasteiger partial charge on any atom is 0.225 e. The first kappa shape index (κ1) is 25.5. The second-order valence-corrected chi connectivity index (χ2v) is 10.2. The lowest BCUT2D eigenvalue weighted by Gasteiger charge is -2.29. The number of hydrogen-bond acceptors (Lipinski definition) is 6. The van der Waals surface area contributed by atoms with Gasteiger partial charge in [-0.2, -0.15) is 4.98 Å². The summed E-state index contributed by atoms with van der Waals surface area (Å²) in [5, 5.41) is 7.76. The van der Waals surface area contributed by atoms with Crippen LogP contribution in [0.1, 0.15) is 31.2 Å². The minimum Gasteiger partial charge on any atom is -0.457 e. The molecule has 4 aromatic rings. The molecule has 1 heterocycles. The highest BCUT2D eigenvalue weighted by Crippen LogP contribution is 2.28. The number of rotatable bonds is 9. The highest BCUT2D eigenvalue weighted by molar-refractivity contribution is 5.90. The number of para-hydroxylation sites is 2. The molecule has 7 heteroatoms. The number of carbonyl (C=O) groups is 1. The van der Waals surface area contributed by atoms with Crippen LogP contribution in [0, 0.1) is 5.92 Å². The molecule has 1 aliphatic carbocycles. The zero-order valence-corrected chi connectivity index (χ0v) is 22.1. The monoisotopic (exact) mass is 509 g/mol. The van der Waals surface area contributed by atoms with E-state index in [0.29, 0.717) is 30.9 Å². The van der Waals surface area contributed by atoms with E-state index in [0.717, 1.165) is 59.5 Å². The lowest BCUT2D eigenvalue weighted by Crippen LogP contribution is -2.34. The van der Waals surface area contributed by atoms with Crippen molar-refractivity contribution in [2.75, 3.05) is 30.9 Å². The maximum atomic E-state index is 12.6. The van der Waals surface area contributed by atoms with Crippen LogP contribution < -0.4 is 20.3 Å². The standard InChI is InChI=1S/C31H35N5O2/c1-36(2)30-27-13-6-7-14-28(27)34-31(35-30)33-24-17-15-22(16-18-24)21-32-29(37)20-23-9-8-12-26(19-23)38-25-10-4-3-5-11-25/h3-14,19,22,24H,15-18,20-21H2,1-2H3,(H,32,37)(H,33,34,35). The largest absolute Gasteiger partial charge is 0.457 e. The molecule has 1 saturated carbocycles. The number of nitrogens with one attached hydrogen (secondary N) is 2. The maximum absolute atomic E-state index is 12.6. The number of ether oxygens (including phenoxy) is 1. The van der Waals surface area contributed by atoms with Crippen LogP contribution in [0.5, 0.6) is 11.5 Å². The van der Waals surface area contributed by atoms with Gasteiger partial charge in [-0.15, -0.1) is 0 Å². The van der Waals surface area contributed by atoms with Crippen LogP contribution in [0.2, 0.25) is 0 Å². The van der Waals surface area contributed by atoms with Crippen LogP contribution in [-0.2, 0) is 11.2 Å². The lowest BCUT2D eigenvalue weighted by molar-refractivity contribution is -0.120. The van der Waals surface area contributed by atoms with E-state index in [9.17, 15) is 4.79 Å². The Kier molecular flexibility index (Phi) is 8.02. The van der Waals surface area contributed by atoms with Crippen molar-refractivity contribution in [1.29, 1.82) is 0 Å². The summed E-state index contributed by atoms with van der Waals surface area (Å²) in [5.74, 6) is 3.65. The normalized spacial score (nSPS) is 17.1. The van der Waals surface area contributed by atoms with Crippen LogP contribution in [0.15, 0.2) is 78.9 Å². The van der Waals surface area contributed by atoms with Gasteiger partial charge in [-0.25, -0.2) is 4.98 Å². The van der Waals surface area contributed by atoms with Gasteiger partial charge in [-0.3, -0.25) is 4.79 Å². The number of carbonyl (C=O) groups excluding carboxylic acids is 1. The summed E-state index contributed by atoms with van der Waals surface area (Å²) in [5.41, 5.74) is 1.89. The minimum atomic E-state index is 0.0443. The lowest BCUT2D eigenvalue weighted by atomic mass is 9.86. The minimum absolute atomic E-state index is 0.0443. The molecule has 196 valence electrons. The Morgan fingerprint density at radius 2 is 1.63 bits per heavy atom. The van der Waals surface area contributed by atoms with E-state index >= 15 is 0 Å². The van der Waals surface area contributed by atoms with Gasteiger partial charge in [0.1, 0.15) is 17.3 Å². The van der Waals surface area contributed by atoms with Gasteiger partial charge in [-0.1, -0.05) is 42.5 Å². The molecule has 0 bridgehead atoms. The third-order valence-corrected chi connectivity index (χ3v) is 7.02. The van der Waals surface area contributed by atoms with Crippen molar-refractivity contribution in [2.24, 2.45) is 5.92 Å². The van der Waals surface area contributed by atoms with E-state index < -0.39 is 0 Å². The summed E-state index contributed by atoms with van der Waals surface area (Å²) in [4.78, 5) is 24.2. The summed E-state index contributed by atoms with van der Waals surface area (Å²) in [7, 11) is 4.01. The Bertz CT molecular complexity index is 1370. The molecule has 0 radical (unpaired) electrons. The van der Waals surface area contributed by atoms with E-state index in [1.807, 2.05) is 91.8 Å². The molecular formula is C31H35N5O2. The first-order valence-corrected chi connectivity index (χ1v) is 13.3. The molecule has 2 N–H and O–H groups in total. The predicted molar refractivity (Wildman–Crippen MR) is 153 cm³/mol. The first-order valence-electron chi connectivity index (χ1n) is 13.3. The molecule has 0 spiro atoms. The Morgan fingerprint density at radius 1 is 0.895 bits per heavy atom. The second kappa shape index (κ2) is 11.9. The molecule has 0 atom stereocenters. The number of benzene rings is 3. The van der Waals surface area contributed by atoms with Crippen LogP contribution in [0.25, 0.3) is 10.9 Å². The number of amides is 1. The molecule has 38 heavy (non-hydrogen) atoms. The Labute approximate surface area is 224 Å². The van der Waals surface area contributed by atoms with E-state index in [-0.39, 0.29) is 5.91 Å². The van der Waals surface area contributed by atoms with Gasteiger partial charge in [0, 0.05) is 32.1 Å². The van der Waals surface area contributed by atoms with Crippen molar-refractivity contribution in [3.8, 4) is 11.5 Å². The summed E-state index contributed by atoms with van der Waals surface area (Å²) < 4.78 is 5.90. The number of fused-ring (bicyclic) bond motifs is 1. The molecule has 3 aromatic carbocycles. The van der Waals surface area contributed by atoms with Gasteiger partial charge in [0.25, 0.3) is 0 Å². The molecular weight excluding hydrogens is 474 g/mol. The molecule has 0 aliphatic heterocycles. The van der Waals surface area contributed by atoms with Crippen LogP contribution in [0.4, 0.5) is 11.8 Å². The quantitative estimate of drug-likeness (QED) is 0.296. The Hall–Kier alpha value is -4.13. The van der Waals surface area contributed by atoms with Crippen molar-refractivity contribution < 1.29 is 9.53 Å². The summed E-state index contributed by atoms with van der Waals surface area (Å²) in [6.07, 6.45) is 4.54. The molecule has 0 saturated heterocycles. The average Bonchev–Trinajstić information content (AvgIpc) is 2.93. The molecule has 7 nitrogen and oxygen atoms in total. The topological polar surface area (TPSA) is 79.4 Å². The van der Waals surface area contributed by atoms with E-state index in [4.69, 9.17) is 14.7 Å². The zero-order valence-electron chi connectivity index (χ0n) is 22.1. The average molecular weight is 510 g/mol. The van der Waals surface area contributed by atoms with Crippen LogP contribution in [-0.4, -0.2) is 42.6 Å².